The van der Waals surface area contributed by atoms with Crippen molar-refractivity contribution >= 4 is 28.3 Å². The third kappa shape index (κ3) is 4.73. The standard InChI is InChI=1S/C17H25N3O3S.ClH/c18-15-6-5-14(11-15)17(21)19-12-13-3-7-16(8-4-13)24(22,23)20-9-1-2-10-20;/h3-4,7-8,14-15H,1-2,5-6,9-12,18H2,(H,19,21);1H. The summed E-state index contributed by atoms with van der Waals surface area (Å²) in [5.41, 5.74) is 6.73. The summed E-state index contributed by atoms with van der Waals surface area (Å²) < 4.78 is 26.5. The molecule has 6 nitrogen and oxygen atoms in total. The van der Waals surface area contributed by atoms with Crippen molar-refractivity contribution in [3.05, 3.63) is 29.8 Å². The first-order valence-electron chi connectivity index (χ1n) is 8.59. The Kier molecular flexibility index (Phi) is 6.85. The van der Waals surface area contributed by atoms with Crippen LogP contribution in [0.15, 0.2) is 29.2 Å². The van der Waals surface area contributed by atoms with Gasteiger partial charge in [0.25, 0.3) is 0 Å². The highest BCUT2D eigenvalue weighted by Crippen LogP contribution is 2.24. The minimum Gasteiger partial charge on any atom is -0.352 e. The number of amides is 1. The zero-order chi connectivity index (χ0) is 17.2. The molecular weight excluding hydrogens is 362 g/mol. The molecule has 1 saturated carbocycles. The molecular formula is C17H26ClN3O3S. The summed E-state index contributed by atoms with van der Waals surface area (Å²) in [5.74, 6) is 0.0477. The summed E-state index contributed by atoms with van der Waals surface area (Å²) in [6.07, 6.45) is 4.35. The van der Waals surface area contributed by atoms with Gasteiger partial charge in [-0.25, -0.2) is 8.42 Å². The minimum atomic E-state index is -3.37. The first-order valence-corrected chi connectivity index (χ1v) is 10.0. The molecule has 1 saturated heterocycles. The van der Waals surface area contributed by atoms with Crippen molar-refractivity contribution in [2.24, 2.45) is 11.7 Å². The molecule has 1 aromatic rings. The molecule has 0 bridgehead atoms. The number of benzene rings is 1. The molecule has 25 heavy (non-hydrogen) atoms. The highest BCUT2D eigenvalue weighted by atomic mass is 35.5. The quantitative estimate of drug-likeness (QED) is 0.803. The second-order valence-electron chi connectivity index (χ2n) is 6.74. The zero-order valence-corrected chi connectivity index (χ0v) is 15.8. The Hall–Kier alpha value is -1.15. The Labute approximate surface area is 155 Å². The van der Waals surface area contributed by atoms with Crippen molar-refractivity contribution in [3.8, 4) is 0 Å². The van der Waals surface area contributed by atoms with Crippen LogP contribution in [0.2, 0.25) is 0 Å². The van der Waals surface area contributed by atoms with E-state index < -0.39 is 10.0 Å². The van der Waals surface area contributed by atoms with E-state index in [2.05, 4.69) is 5.32 Å². The predicted octanol–water partition coefficient (Wildman–Crippen LogP) is 1.64. The van der Waals surface area contributed by atoms with Gasteiger partial charge >= 0.3 is 0 Å². The largest absolute Gasteiger partial charge is 0.352 e. The molecule has 2 aliphatic rings. The molecule has 1 amide bonds. The van der Waals surface area contributed by atoms with Crippen LogP contribution in [0.5, 0.6) is 0 Å². The summed E-state index contributed by atoms with van der Waals surface area (Å²) in [5, 5.41) is 2.92. The van der Waals surface area contributed by atoms with Gasteiger partial charge < -0.3 is 11.1 Å². The third-order valence-corrected chi connectivity index (χ3v) is 6.85. The van der Waals surface area contributed by atoms with E-state index >= 15 is 0 Å². The number of carbonyl (C=O) groups is 1. The van der Waals surface area contributed by atoms with Crippen molar-refractivity contribution in [2.75, 3.05) is 13.1 Å². The second-order valence-corrected chi connectivity index (χ2v) is 8.68. The van der Waals surface area contributed by atoms with E-state index in [0.29, 0.717) is 24.5 Å². The molecule has 8 heteroatoms. The van der Waals surface area contributed by atoms with Gasteiger partial charge in [-0.05, 0) is 49.8 Å². The van der Waals surface area contributed by atoms with E-state index in [1.807, 2.05) is 0 Å². The highest BCUT2D eigenvalue weighted by molar-refractivity contribution is 7.89. The van der Waals surface area contributed by atoms with E-state index in [4.69, 9.17) is 5.73 Å². The number of carbonyl (C=O) groups excluding carboxylic acids is 1. The SMILES string of the molecule is Cl.NC1CCC(C(=O)NCc2ccc(S(=O)(=O)N3CCCC3)cc2)C1. The number of hydrogen-bond acceptors (Lipinski definition) is 4. The van der Waals surface area contributed by atoms with Gasteiger partial charge in [-0.15, -0.1) is 12.4 Å². The lowest BCUT2D eigenvalue weighted by atomic mass is 10.1. The topological polar surface area (TPSA) is 92.5 Å². The molecule has 2 atom stereocenters. The average molecular weight is 388 g/mol. The lowest BCUT2D eigenvalue weighted by Crippen LogP contribution is -2.30. The molecule has 140 valence electrons. The molecule has 2 unspecified atom stereocenters. The summed E-state index contributed by atoms with van der Waals surface area (Å²) in [6, 6.07) is 6.92. The molecule has 0 radical (unpaired) electrons. The molecule has 1 aliphatic heterocycles. The maximum absolute atomic E-state index is 12.5. The predicted molar refractivity (Wildman–Crippen MR) is 98.8 cm³/mol. The van der Waals surface area contributed by atoms with E-state index in [1.165, 1.54) is 4.31 Å². The molecule has 3 N–H and O–H groups in total. The average Bonchev–Trinajstić information content (AvgIpc) is 3.25. The smallest absolute Gasteiger partial charge is 0.243 e. The fraction of sp³-hybridized carbons (Fsp3) is 0.588. The zero-order valence-electron chi connectivity index (χ0n) is 14.2. The fourth-order valence-corrected chi connectivity index (χ4v) is 4.96. The van der Waals surface area contributed by atoms with E-state index in [1.54, 1.807) is 24.3 Å². The van der Waals surface area contributed by atoms with Crippen LogP contribution in [0.1, 0.15) is 37.7 Å². The molecule has 0 spiro atoms. The molecule has 0 aromatic heterocycles. The Morgan fingerprint density at radius 2 is 1.80 bits per heavy atom. The van der Waals surface area contributed by atoms with Crippen LogP contribution >= 0.6 is 12.4 Å². The van der Waals surface area contributed by atoms with Gasteiger partial charge in [0, 0.05) is 31.6 Å². The van der Waals surface area contributed by atoms with Gasteiger partial charge in [0.2, 0.25) is 15.9 Å². The Morgan fingerprint density at radius 3 is 2.36 bits per heavy atom. The number of halogens is 1. The summed E-state index contributed by atoms with van der Waals surface area (Å²) in [6.45, 7) is 1.61. The van der Waals surface area contributed by atoms with E-state index in [9.17, 15) is 13.2 Å². The van der Waals surface area contributed by atoms with Crippen LogP contribution in [0.4, 0.5) is 0 Å². The molecule has 1 heterocycles. The number of hydrogen-bond donors (Lipinski definition) is 2. The summed E-state index contributed by atoms with van der Waals surface area (Å²) in [7, 11) is -3.37. The van der Waals surface area contributed by atoms with Crippen LogP contribution in [0.25, 0.3) is 0 Å². The first-order chi connectivity index (χ1) is 11.5. The number of rotatable bonds is 5. The second kappa shape index (κ2) is 8.49. The maximum Gasteiger partial charge on any atom is 0.243 e. The van der Waals surface area contributed by atoms with Gasteiger partial charge in [0.05, 0.1) is 4.90 Å². The summed E-state index contributed by atoms with van der Waals surface area (Å²) in [4.78, 5) is 12.4. The van der Waals surface area contributed by atoms with E-state index in [-0.39, 0.29) is 30.3 Å². The summed E-state index contributed by atoms with van der Waals surface area (Å²) >= 11 is 0. The molecule has 2 fully saturated rings. The van der Waals surface area contributed by atoms with Gasteiger partial charge in [-0.3, -0.25) is 4.79 Å². The van der Waals surface area contributed by atoms with Crippen LogP contribution in [-0.4, -0.2) is 37.8 Å². The highest BCUT2D eigenvalue weighted by Gasteiger charge is 2.28. The monoisotopic (exact) mass is 387 g/mol. The van der Waals surface area contributed by atoms with Gasteiger partial charge in [-0.1, -0.05) is 12.1 Å². The lowest BCUT2D eigenvalue weighted by Gasteiger charge is -2.16. The van der Waals surface area contributed by atoms with Crippen molar-refractivity contribution in [3.63, 3.8) is 0 Å². The number of nitrogens with one attached hydrogen (secondary N) is 1. The van der Waals surface area contributed by atoms with Gasteiger partial charge in [0.15, 0.2) is 0 Å². The van der Waals surface area contributed by atoms with Crippen molar-refractivity contribution in [1.82, 2.24) is 9.62 Å². The van der Waals surface area contributed by atoms with Crippen molar-refractivity contribution < 1.29 is 13.2 Å². The fourth-order valence-electron chi connectivity index (χ4n) is 3.44. The molecule has 1 aliphatic carbocycles. The maximum atomic E-state index is 12.5. The number of sulfonamides is 1. The van der Waals surface area contributed by atoms with Gasteiger partial charge in [-0.2, -0.15) is 4.31 Å². The third-order valence-electron chi connectivity index (χ3n) is 4.94. The number of nitrogens with two attached hydrogens (primary N) is 1. The normalized spacial score (nSPS) is 24.0. The minimum absolute atomic E-state index is 0. The van der Waals surface area contributed by atoms with Crippen molar-refractivity contribution in [1.29, 1.82) is 0 Å². The van der Waals surface area contributed by atoms with Crippen LogP contribution < -0.4 is 11.1 Å². The molecule has 3 rings (SSSR count). The first kappa shape index (κ1) is 20.2. The van der Waals surface area contributed by atoms with Crippen LogP contribution in [0.3, 0.4) is 0 Å². The Bertz CT molecular complexity index is 688. The van der Waals surface area contributed by atoms with Crippen LogP contribution in [-0.2, 0) is 21.4 Å². The van der Waals surface area contributed by atoms with Crippen molar-refractivity contribution in [2.45, 2.75) is 49.6 Å². The van der Waals surface area contributed by atoms with Crippen LogP contribution in [0, 0.1) is 5.92 Å². The van der Waals surface area contributed by atoms with Gasteiger partial charge in [0.1, 0.15) is 0 Å². The molecule has 1 aromatic carbocycles. The van der Waals surface area contributed by atoms with E-state index in [0.717, 1.165) is 37.7 Å². The Morgan fingerprint density at radius 1 is 1.16 bits per heavy atom. The Balaban J connectivity index is 0.00000225. The lowest BCUT2D eigenvalue weighted by molar-refractivity contribution is -0.125. The number of nitrogens with zero attached hydrogens (tertiary/aromatic N) is 1.